The van der Waals surface area contributed by atoms with Crippen LogP contribution in [-0.2, 0) is 7.05 Å². The van der Waals surface area contributed by atoms with E-state index >= 15 is 0 Å². The molecule has 0 atom stereocenters. The third kappa shape index (κ3) is 1.68. The molecule has 5 nitrogen and oxygen atoms in total. The molecule has 3 aromatic rings. The van der Waals surface area contributed by atoms with Gasteiger partial charge in [0.15, 0.2) is 5.82 Å². The fourth-order valence-electron chi connectivity index (χ4n) is 2.41. The maximum absolute atomic E-state index is 13.9. The Morgan fingerprint density at radius 2 is 2.05 bits per heavy atom. The molecule has 6 heteroatoms. The van der Waals surface area contributed by atoms with Gasteiger partial charge in [0.2, 0.25) is 0 Å². The number of hydrogen-bond acceptors (Lipinski definition) is 3. The number of nitrogens with zero attached hydrogens (tertiary/aromatic N) is 4. The van der Waals surface area contributed by atoms with Gasteiger partial charge >= 0.3 is 0 Å². The van der Waals surface area contributed by atoms with E-state index in [1.807, 2.05) is 24.5 Å². The normalized spacial score (nSPS) is 11.7. The zero-order valence-corrected chi connectivity index (χ0v) is 11.6. The predicted octanol–water partition coefficient (Wildman–Crippen LogP) is 2.74. The number of nitrogens with two attached hydrogens (primary N) is 1. The second kappa shape index (κ2) is 4.33. The Labute approximate surface area is 115 Å². The molecule has 0 aliphatic rings. The molecular formula is C14H16FN5. The van der Waals surface area contributed by atoms with Gasteiger partial charge in [0, 0.05) is 13.1 Å². The van der Waals surface area contributed by atoms with Gasteiger partial charge in [-0.25, -0.2) is 9.37 Å². The molecule has 3 rings (SSSR count). The second-order valence-corrected chi connectivity index (χ2v) is 5.07. The van der Waals surface area contributed by atoms with Crippen LogP contribution in [0.3, 0.4) is 0 Å². The molecule has 0 spiro atoms. The minimum Gasteiger partial charge on any atom is -0.383 e. The Balaban J connectivity index is 2.38. The van der Waals surface area contributed by atoms with Gasteiger partial charge in [-0.05, 0) is 26.0 Å². The summed E-state index contributed by atoms with van der Waals surface area (Å²) in [4.78, 5) is 4.43. The minimum atomic E-state index is -0.328. The number of nitrogen functional groups attached to an aromatic ring is 1. The van der Waals surface area contributed by atoms with Crippen molar-refractivity contribution >= 4 is 16.9 Å². The number of fused-ring (bicyclic) bond motifs is 1. The quantitative estimate of drug-likeness (QED) is 0.781. The van der Waals surface area contributed by atoms with Gasteiger partial charge in [-0.15, -0.1) is 0 Å². The summed E-state index contributed by atoms with van der Waals surface area (Å²) in [5, 5.41) is 4.13. The van der Waals surface area contributed by atoms with Crippen LogP contribution in [0, 0.1) is 5.82 Å². The third-order valence-corrected chi connectivity index (χ3v) is 3.41. The first kappa shape index (κ1) is 12.7. The van der Waals surface area contributed by atoms with Crippen LogP contribution >= 0.6 is 0 Å². The van der Waals surface area contributed by atoms with Crippen LogP contribution in [0.15, 0.2) is 24.4 Å². The average Bonchev–Trinajstić information content (AvgIpc) is 2.92. The Bertz CT molecular complexity index is 784. The van der Waals surface area contributed by atoms with Crippen molar-refractivity contribution in [3.05, 3.63) is 30.2 Å². The van der Waals surface area contributed by atoms with Crippen molar-refractivity contribution < 1.29 is 4.39 Å². The fraction of sp³-hybridized carbons (Fsp3) is 0.286. The lowest BCUT2D eigenvalue weighted by molar-refractivity contribution is 0.623. The van der Waals surface area contributed by atoms with E-state index < -0.39 is 0 Å². The molecule has 104 valence electrons. The van der Waals surface area contributed by atoms with Crippen LogP contribution in [0.4, 0.5) is 10.2 Å². The van der Waals surface area contributed by atoms with Crippen LogP contribution in [-0.4, -0.2) is 19.3 Å². The summed E-state index contributed by atoms with van der Waals surface area (Å²) in [6.45, 7) is 4.06. The molecule has 0 bridgehead atoms. The first-order valence-electron chi connectivity index (χ1n) is 6.45. The molecule has 20 heavy (non-hydrogen) atoms. The van der Waals surface area contributed by atoms with Gasteiger partial charge in [-0.2, -0.15) is 5.10 Å². The Kier molecular flexibility index (Phi) is 2.74. The molecule has 0 aliphatic heterocycles. The molecule has 0 unspecified atom stereocenters. The molecule has 0 fully saturated rings. The van der Waals surface area contributed by atoms with Gasteiger partial charge in [0.25, 0.3) is 0 Å². The Hall–Kier alpha value is -2.37. The van der Waals surface area contributed by atoms with Gasteiger partial charge in [0.05, 0.1) is 17.3 Å². The van der Waals surface area contributed by atoms with Gasteiger partial charge in [0.1, 0.15) is 17.2 Å². The summed E-state index contributed by atoms with van der Waals surface area (Å²) < 4.78 is 17.5. The monoisotopic (exact) mass is 273 g/mol. The summed E-state index contributed by atoms with van der Waals surface area (Å²) >= 11 is 0. The fourth-order valence-corrected chi connectivity index (χ4v) is 2.41. The van der Waals surface area contributed by atoms with E-state index in [-0.39, 0.29) is 11.9 Å². The molecule has 0 radical (unpaired) electrons. The number of aromatic nitrogens is 4. The minimum absolute atomic E-state index is 0.136. The summed E-state index contributed by atoms with van der Waals surface area (Å²) in [6.07, 6.45) is 1.66. The first-order chi connectivity index (χ1) is 9.50. The zero-order valence-electron chi connectivity index (χ0n) is 11.6. The van der Waals surface area contributed by atoms with Crippen molar-refractivity contribution in [3.63, 3.8) is 0 Å². The molecule has 0 amide bonds. The molecule has 0 saturated heterocycles. The molecule has 0 aliphatic carbocycles. The maximum atomic E-state index is 13.9. The van der Waals surface area contributed by atoms with Crippen LogP contribution in [0.1, 0.15) is 19.9 Å². The van der Waals surface area contributed by atoms with Crippen molar-refractivity contribution in [2.24, 2.45) is 7.05 Å². The van der Waals surface area contributed by atoms with Crippen LogP contribution in [0.5, 0.6) is 0 Å². The summed E-state index contributed by atoms with van der Waals surface area (Å²) in [7, 11) is 1.77. The summed E-state index contributed by atoms with van der Waals surface area (Å²) in [6, 6.07) is 5.10. The van der Waals surface area contributed by atoms with Crippen molar-refractivity contribution in [3.8, 4) is 11.4 Å². The highest BCUT2D eigenvalue weighted by Crippen LogP contribution is 2.31. The van der Waals surface area contributed by atoms with E-state index in [0.29, 0.717) is 17.2 Å². The summed E-state index contributed by atoms with van der Waals surface area (Å²) in [5.41, 5.74) is 7.86. The van der Waals surface area contributed by atoms with E-state index in [0.717, 1.165) is 11.1 Å². The standard InChI is InChI=1S/C14H16FN5/c1-8(2)20-11-6-4-5-10(15)12(11)18-14(20)9-7-17-19(3)13(9)16/h4-8H,16H2,1-3H3. The second-order valence-electron chi connectivity index (χ2n) is 5.07. The number of anilines is 1. The van der Waals surface area contributed by atoms with Crippen LogP contribution < -0.4 is 5.73 Å². The smallest absolute Gasteiger partial charge is 0.151 e. The van der Waals surface area contributed by atoms with Crippen molar-refractivity contribution in [2.75, 3.05) is 5.73 Å². The highest BCUT2D eigenvalue weighted by molar-refractivity contribution is 5.83. The summed E-state index contributed by atoms with van der Waals surface area (Å²) in [5.74, 6) is 0.832. The maximum Gasteiger partial charge on any atom is 0.151 e. The highest BCUT2D eigenvalue weighted by Gasteiger charge is 2.20. The van der Waals surface area contributed by atoms with Gasteiger partial charge in [-0.1, -0.05) is 6.07 Å². The lowest BCUT2D eigenvalue weighted by atomic mass is 10.2. The number of aryl methyl sites for hydroxylation is 1. The molecule has 2 heterocycles. The number of hydrogen-bond donors (Lipinski definition) is 1. The predicted molar refractivity (Wildman–Crippen MR) is 76.7 cm³/mol. The van der Waals surface area contributed by atoms with Crippen LogP contribution in [0.25, 0.3) is 22.4 Å². The van der Waals surface area contributed by atoms with E-state index in [1.165, 1.54) is 6.07 Å². The molecular weight excluding hydrogens is 257 g/mol. The lowest BCUT2D eigenvalue weighted by Gasteiger charge is -2.12. The molecule has 2 N–H and O–H groups in total. The average molecular weight is 273 g/mol. The molecule has 1 aromatic carbocycles. The molecule has 0 saturated carbocycles. The topological polar surface area (TPSA) is 61.7 Å². The molecule has 2 aromatic heterocycles. The Morgan fingerprint density at radius 3 is 2.65 bits per heavy atom. The first-order valence-corrected chi connectivity index (χ1v) is 6.45. The van der Waals surface area contributed by atoms with Crippen LogP contribution in [0.2, 0.25) is 0 Å². The van der Waals surface area contributed by atoms with Crippen molar-refractivity contribution in [1.29, 1.82) is 0 Å². The Morgan fingerprint density at radius 1 is 1.30 bits per heavy atom. The van der Waals surface area contributed by atoms with E-state index in [2.05, 4.69) is 10.1 Å². The number of halogens is 1. The number of rotatable bonds is 2. The van der Waals surface area contributed by atoms with E-state index in [4.69, 9.17) is 5.73 Å². The van der Waals surface area contributed by atoms with E-state index in [9.17, 15) is 4.39 Å². The van der Waals surface area contributed by atoms with Crippen molar-refractivity contribution in [1.82, 2.24) is 19.3 Å². The SMILES string of the molecule is CC(C)n1c(-c2cnn(C)c2N)nc2c(F)cccc21. The van der Waals surface area contributed by atoms with E-state index in [1.54, 1.807) is 24.0 Å². The number of imidazole rings is 1. The lowest BCUT2D eigenvalue weighted by Crippen LogP contribution is -2.04. The van der Waals surface area contributed by atoms with Crippen molar-refractivity contribution in [2.45, 2.75) is 19.9 Å². The highest BCUT2D eigenvalue weighted by atomic mass is 19.1. The number of benzene rings is 1. The number of para-hydroxylation sites is 1. The zero-order chi connectivity index (χ0) is 14.4. The van der Waals surface area contributed by atoms with Gasteiger partial charge < -0.3 is 10.3 Å². The van der Waals surface area contributed by atoms with Gasteiger partial charge in [-0.3, -0.25) is 4.68 Å². The third-order valence-electron chi connectivity index (χ3n) is 3.41. The largest absolute Gasteiger partial charge is 0.383 e.